The van der Waals surface area contributed by atoms with E-state index in [4.69, 9.17) is 17.3 Å². The van der Waals surface area contributed by atoms with Crippen molar-refractivity contribution in [2.75, 3.05) is 0 Å². The Balaban J connectivity index is 0.00000112. The number of hydrogen-bond donors (Lipinski definition) is 1. The van der Waals surface area contributed by atoms with Gasteiger partial charge in [-0.05, 0) is 37.3 Å². The van der Waals surface area contributed by atoms with Crippen LogP contribution in [0.3, 0.4) is 0 Å². The van der Waals surface area contributed by atoms with Gasteiger partial charge < -0.3 is 5.73 Å². The number of benzene rings is 1. The average Bonchev–Trinajstić information content (AvgIpc) is 2.95. The van der Waals surface area contributed by atoms with Gasteiger partial charge in [0.2, 0.25) is 0 Å². The standard InChI is InChI=1S/C11H13ClFN.ClH/c1-6-2-5-8(13)9(10(6)12)11(14)7-3-4-7;/h2,5,7,11H,3-4,14H2,1H3;1H/t11-;/m0./s1. The highest BCUT2D eigenvalue weighted by atomic mass is 35.5. The quantitative estimate of drug-likeness (QED) is 0.852. The minimum absolute atomic E-state index is 0. The summed E-state index contributed by atoms with van der Waals surface area (Å²) in [6, 6.07) is 2.89. The second kappa shape index (κ2) is 4.69. The number of rotatable bonds is 2. The minimum atomic E-state index is -0.278. The lowest BCUT2D eigenvalue weighted by Gasteiger charge is -2.15. The second-order valence-electron chi connectivity index (χ2n) is 3.96. The molecule has 0 spiro atoms. The Labute approximate surface area is 100 Å². The highest BCUT2D eigenvalue weighted by molar-refractivity contribution is 6.32. The van der Waals surface area contributed by atoms with E-state index in [0.717, 1.165) is 18.4 Å². The molecule has 15 heavy (non-hydrogen) atoms. The third-order valence-electron chi connectivity index (χ3n) is 2.78. The lowest BCUT2D eigenvalue weighted by molar-refractivity contribution is 0.553. The van der Waals surface area contributed by atoms with E-state index < -0.39 is 0 Å². The van der Waals surface area contributed by atoms with Gasteiger partial charge in [-0.1, -0.05) is 17.7 Å². The number of halogens is 3. The van der Waals surface area contributed by atoms with Gasteiger partial charge in [0.1, 0.15) is 5.82 Å². The third-order valence-corrected chi connectivity index (χ3v) is 3.28. The maximum Gasteiger partial charge on any atom is 0.129 e. The topological polar surface area (TPSA) is 26.0 Å². The molecule has 0 aliphatic heterocycles. The summed E-state index contributed by atoms with van der Waals surface area (Å²) in [6.07, 6.45) is 2.18. The van der Waals surface area contributed by atoms with E-state index in [1.54, 1.807) is 6.07 Å². The van der Waals surface area contributed by atoms with Crippen molar-refractivity contribution in [2.24, 2.45) is 11.7 Å². The first-order valence-electron chi connectivity index (χ1n) is 4.81. The fourth-order valence-corrected chi connectivity index (χ4v) is 1.95. The van der Waals surface area contributed by atoms with Crippen LogP contribution in [0.1, 0.15) is 30.0 Å². The van der Waals surface area contributed by atoms with Crippen molar-refractivity contribution in [3.05, 3.63) is 34.1 Å². The summed E-state index contributed by atoms with van der Waals surface area (Å²) in [7, 11) is 0. The van der Waals surface area contributed by atoms with Crippen LogP contribution < -0.4 is 5.73 Å². The third kappa shape index (κ3) is 2.44. The summed E-state index contributed by atoms with van der Waals surface area (Å²) >= 11 is 6.05. The largest absolute Gasteiger partial charge is 0.324 e. The molecule has 0 heterocycles. The van der Waals surface area contributed by atoms with E-state index in [2.05, 4.69) is 0 Å². The molecule has 1 fully saturated rings. The average molecular weight is 250 g/mol. The van der Waals surface area contributed by atoms with Crippen LogP contribution in [0.25, 0.3) is 0 Å². The summed E-state index contributed by atoms with van der Waals surface area (Å²) in [6.45, 7) is 1.87. The molecule has 2 N–H and O–H groups in total. The molecule has 0 aromatic heterocycles. The molecule has 1 atom stereocenters. The lowest BCUT2D eigenvalue weighted by Crippen LogP contribution is -2.15. The van der Waals surface area contributed by atoms with Gasteiger partial charge in [0.05, 0.1) is 5.02 Å². The molecule has 84 valence electrons. The smallest absolute Gasteiger partial charge is 0.129 e. The van der Waals surface area contributed by atoms with Crippen LogP contribution in [0.15, 0.2) is 12.1 Å². The van der Waals surface area contributed by atoms with Crippen LogP contribution in [0.4, 0.5) is 4.39 Å². The van der Waals surface area contributed by atoms with Crippen LogP contribution in [-0.2, 0) is 0 Å². The Hall–Kier alpha value is -0.310. The van der Waals surface area contributed by atoms with Crippen LogP contribution in [-0.4, -0.2) is 0 Å². The van der Waals surface area contributed by atoms with Gasteiger partial charge in [-0.15, -0.1) is 12.4 Å². The minimum Gasteiger partial charge on any atom is -0.324 e. The van der Waals surface area contributed by atoms with Crippen molar-refractivity contribution in [3.8, 4) is 0 Å². The molecular weight excluding hydrogens is 236 g/mol. The number of aryl methyl sites for hydroxylation is 1. The monoisotopic (exact) mass is 249 g/mol. The molecule has 2 rings (SSSR count). The SMILES string of the molecule is Cc1ccc(F)c([C@@H](N)C2CC2)c1Cl.Cl. The Morgan fingerprint density at radius 3 is 2.60 bits per heavy atom. The maximum atomic E-state index is 13.5. The molecule has 0 amide bonds. The Morgan fingerprint density at radius 2 is 2.07 bits per heavy atom. The van der Waals surface area contributed by atoms with E-state index in [-0.39, 0.29) is 24.3 Å². The Morgan fingerprint density at radius 1 is 1.47 bits per heavy atom. The maximum absolute atomic E-state index is 13.5. The first kappa shape index (κ1) is 12.8. The first-order chi connectivity index (χ1) is 6.61. The van der Waals surface area contributed by atoms with Gasteiger partial charge in [0, 0.05) is 11.6 Å². The van der Waals surface area contributed by atoms with Crippen molar-refractivity contribution in [1.29, 1.82) is 0 Å². The molecule has 4 heteroatoms. The zero-order valence-electron chi connectivity index (χ0n) is 8.47. The zero-order valence-corrected chi connectivity index (χ0v) is 10.0. The molecule has 0 saturated heterocycles. The van der Waals surface area contributed by atoms with Crippen molar-refractivity contribution in [1.82, 2.24) is 0 Å². The van der Waals surface area contributed by atoms with Gasteiger partial charge in [-0.2, -0.15) is 0 Å². The van der Waals surface area contributed by atoms with E-state index in [1.165, 1.54) is 6.07 Å². The Kier molecular flexibility index (Phi) is 3.99. The predicted molar refractivity (Wildman–Crippen MR) is 63.0 cm³/mol. The predicted octanol–water partition coefficient (Wildman–Crippen LogP) is 3.62. The van der Waals surface area contributed by atoms with Crippen molar-refractivity contribution in [2.45, 2.75) is 25.8 Å². The van der Waals surface area contributed by atoms with Crippen LogP contribution in [0, 0.1) is 18.7 Å². The normalized spacial score (nSPS) is 17.1. The fraction of sp³-hybridized carbons (Fsp3) is 0.455. The van der Waals surface area contributed by atoms with Crippen LogP contribution in [0.2, 0.25) is 5.02 Å². The summed E-state index contributed by atoms with van der Waals surface area (Å²) in [5.41, 5.74) is 7.33. The van der Waals surface area contributed by atoms with Gasteiger partial charge >= 0.3 is 0 Å². The summed E-state index contributed by atoms with van der Waals surface area (Å²) in [5, 5.41) is 0.490. The number of hydrogen-bond acceptors (Lipinski definition) is 1. The van der Waals surface area contributed by atoms with E-state index in [1.807, 2.05) is 6.92 Å². The van der Waals surface area contributed by atoms with Gasteiger partial charge in [0.25, 0.3) is 0 Å². The van der Waals surface area contributed by atoms with Gasteiger partial charge in [0.15, 0.2) is 0 Å². The first-order valence-corrected chi connectivity index (χ1v) is 5.19. The molecule has 1 aliphatic rings. The van der Waals surface area contributed by atoms with E-state index in [0.29, 0.717) is 16.5 Å². The molecule has 1 aromatic carbocycles. The molecule has 1 aromatic rings. The van der Waals surface area contributed by atoms with Crippen molar-refractivity contribution < 1.29 is 4.39 Å². The van der Waals surface area contributed by atoms with Crippen LogP contribution >= 0.6 is 24.0 Å². The molecule has 0 radical (unpaired) electrons. The van der Waals surface area contributed by atoms with Crippen molar-refractivity contribution in [3.63, 3.8) is 0 Å². The molecule has 1 saturated carbocycles. The lowest BCUT2D eigenvalue weighted by atomic mass is 10.0. The summed E-state index contributed by atoms with van der Waals surface area (Å²) < 4.78 is 13.5. The molecule has 1 nitrogen and oxygen atoms in total. The van der Waals surface area contributed by atoms with E-state index >= 15 is 0 Å². The van der Waals surface area contributed by atoms with E-state index in [9.17, 15) is 4.39 Å². The highest BCUT2D eigenvalue weighted by Crippen LogP contribution is 2.42. The van der Waals surface area contributed by atoms with Crippen LogP contribution in [0.5, 0.6) is 0 Å². The van der Waals surface area contributed by atoms with Gasteiger partial charge in [-0.3, -0.25) is 0 Å². The zero-order chi connectivity index (χ0) is 10.3. The molecule has 0 bridgehead atoms. The highest BCUT2D eigenvalue weighted by Gasteiger charge is 2.32. The second-order valence-corrected chi connectivity index (χ2v) is 4.33. The molecular formula is C11H14Cl2FN. The summed E-state index contributed by atoms with van der Waals surface area (Å²) in [4.78, 5) is 0. The molecule has 1 aliphatic carbocycles. The Bertz CT molecular complexity index is 364. The fourth-order valence-electron chi connectivity index (χ4n) is 1.67. The number of nitrogens with two attached hydrogens (primary N) is 1. The van der Waals surface area contributed by atoms with Crippen molar-refractivity contribution >= 4 is 24.0 Å². The van der Waals surface area contributed by atoms with Gasteiger partial charge in [-0.25, -0.2) is 4.39 Å². The molecule has 0 unspecified atom stereocenters. The summed E-state index contributed by atoms with van der Waals surface area (Å²) in [5.74, 6) is 0.142.